The summed E-state index contributed by atoms with van der Waals surface area (Å²) in [6.45, 7) is 1.95. The lowest BCUT2D eigenvalue weighted by molar-refractivity contribution is -0.0195. The number of halogens is 1. The Hall–Kier alpha value is -1.18. The van der Waals surface area contributed by atoms with Crippen molar-refractivity contribution in [2.24, 2.45) is 22.4 Å². The second-order valence-electron chi connectivity index (χ2n) is 8.10. The number of aromatic hydroxyl groups is 1. The molecule has 0 spiro atoms. The number of phenols is 1. The van der Waals surface area contributed by atoms with Gasteiger partial charge in [-0.3, -0.25) is 4.18 Å². The molecule has 3 aliphatic rings. The first kappa shape index (κ1) is 17.2. The van der Waals surface area contributed by atoms with Crippen LogP contribution in [0.25, 0.3) is 0 Å². The van der Waals surface area contributed by atoms with Crippen LogP contribution >= 0.6 is 0 Å². The Kier molecular flexibility index (Phi) is 3.90. The van der Waals surface area contributed by atoms with Gasteiger partial charge in [0.1, 0.15) is 18.0 Å². The first-order valence-electron chi connectivity index (χ1n) is 8.86. The maximum atomic E-state index is 14.7. The lowest BCUT2D eigenvalue weighted by atomic mass is 9.55. The Bertz CT molecular complexity index is 798. The van der Waals surface area contributed by atoms with Crippen molar-refractivity contribution < 1.29 is 22.1 Å². The molecule has 2 saturated carbocycles. The van der Waals surface area contributed by atoms with E-state index in [4.69, 9.17) is 9.32 Å². The Morgan fingerprint density at radius 2 is 2.12 bits per heavy atom. The van der Waals surface area contributed by atoms with Crippen LogP contribution in [0.1, 0.15) is 49.7 Å². The first-order valence-corrected chi connectivity index (χ1v) is 10.3. The van der Waals surface area contributed by atoms with Crippen molar-refractivity contribution >= 4 is 10.3 Å². The van der Waals surface area contributed by atoms with Crippen LogP contribution in [0.4, 0.5) is 4.39 Å². The van der Waals surface area contributed by atoms with Gasteiger partial charge in [0.25, 0.3) is 0 Å². The predicted molar refractivity (Wildman–Crippen MR) is 91.0 cm³/mol. The molecule has 1 aromatic rings. The molecule has 0 amide bonds. The van der Waals surface area contributed by atoms with Crippen LogP contribution in [0, 0.1) is 17.3 Å². The summed E-state index contributed by atoms with van der Waals surface area (Å²) < 4.78 is 42.5. The van der Waals surface area contributed by atoms with Gasteiger partial charge in [0.2, 0.25) is 0 Å². The number of hydrogen-bond donors (Lipinski definition) is 2. The van der Waals surface area contributed by atoms with E-state index in [1.54, 1.807) is 6.07 Å². The monoisotopic (exact) mass is 369 g/mol. The van der Waals surface area contributed by atoms with Crippen molar-refractivity contribution in [3.8, 4) is 5.75 Å². The maximum absolute atomic E-state index is 14.7. The summed E-state index contributed by atoms with van der Waals surface area (Å²) in [5, 5.41) is 14.7. The maximum Gasteiger partial charge on any atom is 0.333 e. The number of rotatable bonds is 2. The largest absolute Gasteiger partial charge is 0.508 e. The summed E-state index contributed by atoms with van der Waals surface area (Å²) in [6.07, 6.45) is 1.38. The Morgan fingerprint density at radius 1 is 1.36 bits per heavy atom. The fraction of sp³-hybridized carbons (Fsp3) is 0.667. The third-order valence-corrected chi connectivity index (χ3v) is 7.32. The smallest absolute Gasteiger partial charge is 0.333 e. The van der Waals surface area contributed by atoms with Crippen molar-refractivity contribution in [1.82, 2.24) is 0 Å². The predicted octanol–water partition coefficient (Wildman–Crippen LogP) is 2.79. The van der Waals surface area contributed by atoms with Crippen LogP contribution in [0.5, 0.6) is 5.75 Å². The fourth-order valence-electron chi connectivity index (χ4n) is 5.81. The molecule has 0 saturated heterocycles. The van der Waals surface area contributed by atoms with E-state index < -0.39 is 28.0 Å². The van der Waals surface area contributed by atoms with E-state index in [0.29, 0.717) is 24.7 Å². The minimum absolute atomic E-state index is 0.0787. The molecule has 4 rings (SSSR count). The molecule has 0 aliphatic heterocycles. The van der Waals surface area contributed by atoms with Gasteiger partial charge in [-0.05, 0) is 73.1 Å². The molecule has 25 heavy (non-hydrogen) atoms. The number of hydrogen-bond acceptors (Lipinski definition) is 4. The van der Waals surface area contributed by atoms with Crippen molar-refractivity contribution in [3.63, 3.8) is 0 Å². The van der Waals surface area contributed by atoms with Gasteiger partial charge in [-0.25, -0.2) is 9.53 Å². The van der Waals surface area contributed by atoms with Gasteiger partial charge in [-0.2, -0.15) is 8.42 Å². The Balaban J connectivity index is 1.66. The van der Waals surface area contributed by atoms with Gasteiger partial charge in [0.05, 0.1) is 0 Å². The standard InChI is InChI=1S/C18H24FNO4S/c1-18-7-6-13-12-5-3-11(21)8-10(12)2-4-14(13)15(18)9-16(19)17(18)24-25(20,22)23/h3,5,8,13-17,21H,2,4,6-7,9H2,1H3,(H2,20,22,23)/t13-,14-,15+,16-,17+,18+/m1/s1. The lowest BCUT2D eigenvalue weighted by Gasteiger charge is -2.50. The molecular weight excluding hydrogens is 345 g/mol. The van der Waals surface area contributed by atoms with Gasteiger partial charge >= 0.3 is 10.3 Å². The van der Waals surface area contributed by atoms with Crippen LogP contribution in [0.2, 0.25) is 0 Å². The summed E-state index contributed by atoms with van der Waals surface area (Å²) in [5.74, 6) is 1.00. The second-order valence-corrected chi connectivity index (χ2v) is 9.28. The molecule has 6 atom stereocenters. The average Bonchev–Trinajstić information content (AvgIpc) is 2.77. The number of nitrogens with two attached hydrogens (primary N) is 1. The molecular formula is C18H24FNO4S. The summed E-state index contributed by atoms with van der Waals surface area (Å²) in [5.41, 5.74) is 1.92. The zero-order chi connectivity index (χ0) is 18.0. The first-order chi connectivity index (χ1) is 11.7. The van der Waals surface area contributed by atoms with E-state index >= 15 is 0 Å². The van der Waals surface area contributed by atoms with Gasteiger partial charge in [0, 0.05) is 5.41 Å². The minimum atomic E-state index is -4.18. The molecule has 0 bridgehead atoms. The molecule has 1 aromatic carbocycles. The zero-order valence-corrected chi connectivity index (χ0v) is 15.0. The average molecular weight is 369 g/mol. The van der Waals surface area contributed by atoms with Crippen LogP contribution in [-0.2, 0) is 20.9 Å². The number of phenolic OH excluding ortho intramolecular Hbond substituents is 1. The van der Waals surface area contributed by atoms with Crippen molar-refractivity contribution in [3.05, 3.63) is 29.3 Å². The highest BCUT2D eigenvalue weighted by Gasteiger charge is 2.60. The third-order valence-electron chi connectivity index (χ3n) is 6.84. The molecule has 0 aromatic heterocycles. The molecule has 138 valence electrons. The molecule has 2 fully saturated rings. The molecule has 0 unspecified atom stereocenters. The van der Waals surface area contributed by atoms with E-state index in [1.165, 1.54) is 11.1 Å². The molecule has 3 aliphatic carbocycles. The Labute approximate surface area is 147 Å². The van der Waals surface area contributed by atoms with E-state index in [9.17, 15) is 17.9 Å². The molecule has 5 nitrogen and oxygen atoms in total. The highest BCUT2D eigenvalue weighted by Crippen LogP contribution is 2.62. The second kappa shape index (κ2) is 5.66. The van der Waals surface area contributed by atoms with Crippen LogP contribution < -0.4 is 5.14 Å². The third kappa shape index (κ3) is 2.76. The molecule has 0 radical (unpaired) electrons. The van der Waals surface area contributed by atoms with Crippen LogP contribution in [-0.4, -0.2) is 25.8 Å². The number of alkyl halides is 1. The summed E-state index contributed by atoms with van der Waals surface area (Å²) in [6, 6.07) is 5.54. The van der Waals surface area contributed by atoms with Crippen LogP contribution in [0.15, 0.2) is 18.2 Å². The van der Waals surface area contributed by atoms with E-state index in [0.717, 1.165) is 19.3 Å². The molecule has 3 N–H and O–H groups in total. The topological polar surface area (TPSA) is 89.6 Å². The zero-order valence-electron chi connectivity index (χ0n) is 14.2. The minimum Gasteiger partial charge on any atom is -0.508 e. The summed E-state index contributed by atoms with van der Waals surface area (Å²) in [7, 11) is -4.18. The molecule has 7 heteroatoms. The summed E-state index contributed by atoms with van der Waals surface area (Å²) in [4.78, 5) is 0. The van der Waals surface area contributed by atoms with E-state index in [2.05, 4.69) is 0 Å². The van der Waals surface area contributed by atoms with Gasteiger partial charge in [0.15, 0.2) is 0 Å². The fourth-order valence-corrected chi connectivity index (χ4v) is 6.44. The van der Waals surface area contributed by atoms with Crippen LogP contribution in [0.3, 0.4) is 0 Å². The van der Waals surface area contributed by atoms with E-state index in [1.807, 2.05) is 19.1 Å². The normalized spacial score (nSPS) is 40.2. The number of benzene rings is 1. The van der Waals surface area contributed by atoms with Crippen molar-refractivity contribution in [2.75, 3.05) is 0 Å². The number of aryl methyl sites for hydroxylation is 1. The summed E-state index contributed by atoms with van der Waals surface area (Å²) >= 11 is 0. The van der Waals surface area contributed by atoms with Crippen molar-refractivity contribution in [2.45, 2.75) is 57.2 Å². The van der Waals surface area contributed by atoms with Gasteiger partial charge < -0.3 is 5.11 Å². The quantitative estimate of drug-likeness (QED) is 0.839. The lowest BCUT2D eigenvalue weighted by Crippen LogP contribution is -2.46. The van der Waals surface area contributed by atoms with Gasteiger partial charge in [-0.1, -0.05) is 13.0 Å². The SMILES string of the molecule is C[C@]12CC[C@@H]3c4ccc(O)cc4CC[C@H]3[C@@H]1C[C@@H](F)[C@@H]2OS(N)(=O)=O. The van der Waals surface area contributed by atoms with Crippen molar-refractivity contribution in [1.29, 1.82) is 0 Å². The molecule has 0 heterocycles. The number of fused-ring (bicyclic) bond motifs is 5. The van der Waals surface area contributed by atoms with Gasteiger partial charge in [-0.15, -0.1) is 0 Å². The Morgan fingerprint density at radius 3 is 2.84 bits per heavy atom. The highest BCUT2D eigenvalue weighted by atomic mass is 32.2. The highest BCUT2D eigenvalue weighted by molar-refractivity contribution is 7.84. The van der Waals surface area contributed by atoms with E-state index in [-0.39, 0.29) is 11.7 Å².